The van der Waals surface area contributed by atoms with E-state index < -0.39 is 0 Å². The van der Waals surface area contributed by atoms with E-state index in [9.17, 15) is 0 Å². The molecule has 0 aliphatic heterocycles. The number of hydrogen-bond donors (Lipinski definition) is 1. The lowest BCUT2D eigenvalue weighted by molar-refractivity contribution is 0.239. The standard InChI is InChI=1S/C14H21Cl2NO/c1-4-5-6-17-9-11-7-12(15)8-13(16)14(11)18-10(2)3/h7-8,10,17H,4-6,9H2,1-3H3. The first kappa shape index (κ1) is 15.6. The third-order valence-electron chi connectivity index (χ3n) is 2.46. The Morgan fingerprint density at radius 1 is 1.28 bits per heavy atom. The zero-order valence-electron chi connectivity index (χ0n) is 11.2. The molecular weight excluding hydrogens is 269 g/mol. The van der Waals surface area contributed by atoms with Gasteiger partial charge in [-0.15, -0.1) is 0 Å². The summed E-state index contributed by atoms with van der Waals surface area (Å²) in [7, 11) is 0. The normalized spacial score (nSPS) is 11.0. The van der Waals surface area contributed by atoms with Gasteiger partial charge in [0.15, 0.2) is 0 Å². The lowest BCUT2D eigenvalue weighted by atomic mass is 10.2. The molecule has 0 amide bonds. The fourth-order valence-electron chi connectivity index (χ4n) is 1.64. The molecule has 1 aromatic carbocycles. The summed E-state index contributed by atoms with van der Waals surface area (Å²) in [5, 5.41) is 4.59. The highest BCUT2D eigenvalue weighted by Gasteiger charge is 2.11. The minimum atomic E-state index is 0.0954. The molecule has 0 bridgehead atoms. The van der Waals surface area contributed by atoms with Crippen molar-refractivity contribution in [2.45, 2.75) is 46.3 Å². The molecule has 0 spiro atoms. The molecule has 0 radical (unpaired) electrons. The van der Waals surface area contributed by atoms with Crippen LogP contribution in [0.2, 0.25) is 10.0 Å². The molecule has 0 saturated carbocycles. The van der Waals surface area contributed by atoms with Crippen molar-refractivity contribution >= 4 is 23.2 Å². The summed E-state index contributed by atoms with van der Waals surface area (Å²) >= 11 is 12.2. The molecule has 0 saturated heterocycles. The minimum Gasteiger partial charge on any atom is -0.489 e. The van der Waals surface area contributed by atoms with Crippen molar-refractivity contribution in [1.82, 2.24) is 5.32 Å². The average Bonchev–Trinajstić information content (AvgIpc) is 2.28. The fourth-order valence-corrected chi connectivity index (χ4v) is 2.22. The second-order valence-electron chi connectivity index (χ2n) is 4.57. The van der Waals surface area contributed by atoms with Gasteiger partial charge in [-0.2, -0.15) is 0 Å². The highest BCUT2D eigenvalue weighted by molar-refractivity contribution is 6.35. The Morgan fingerprint density at radius 3 is 2.61 bits per heavy atom. The van der Waals surface area contributed by atoms with Gasteiger partial charge in [0.25, 0.3) is 0 Å². The van der Waals surface area contributed by atoms with Crippen LogP contribution >= 0.6 is 23.2 Å². The van der Waals surface area contributed by atoms with Gasteiger partial charge in [-0.05, 0) is 38.9 Å². The topological polar surface area (TPSA) is 21.3 Å². The first-order valence-corrected chi connectivity index (χ1v) is 7.15. The Labute approximate surface area is 120 Å². The van der Waals surface area contributed by atoms with Crippen LogP contribution in [0.4, 0.5) is 0 Å². The van der Waals surface area contributed by atoms with Gasteiger partial charge in [0.05, 0.1) is 11.1 Å². The van der Waals surface area contributed by atoms with E-state index in [0.29, 0.717) is 10.0 Å². The summed E-state index contributed by atoms with van der Waals surface area (Å²) in [6.07, 6.45) is 2.44. The summed E-state index contributed by atoms with van der Waals surface area (Å²) < 4.78 is 5.76. The van der Waals surface area contributed by atoms with Gasteiger partial charge in [0, 0.05) is 17.1 Å². The molecule has 1 N–H and O–H groups in total. The molecule has 1 aromatic rings. The zero-order chi connectivity index (χ0) is 13.5. The van der Waals surface area contributed by atoms with E-state index in [1.807, 2.05) is 19.9 Å². The molecule has 0 aliphatic carbocycles. The first-order chi connectivity index (χ1) is 8.54. The molecule has 0 aromatic heterocycles. The van der Waals surface area contributed by atoms with Crippen molar-refractivity contribution in [3.63, 3.8) is 0 Å². The van der Waals surface area contributed by atoms with Gasteiger partial charge < -0.3 is 10.1 Å². The molecule has 1 rings (SSSR count). The van der Waals surface area contributed by atoms with E-state index in [1.165, 1.54) is 6.42 Å². The van der Waals surface area contributed by atoms with E-state index in [-0.39, 0.29) is 6.10 Å². The maximum absolute atomic E-state index is 6.18. The van der Waals surface area contributed by atoms with Crippen LogP contribution < -0.4 is 10.1 Å². The Morgan fingerprint density at radius 2 is 2.00 bits per heavy atom. The molecule has 4 heteroatoms. The number of rotatable bonds is 7. The van der Waals surface area contributed by atoms with Crippen molar-refractivity contribution in [3.8, 4) is 5.75 Å². The molecule has 18 heavy (non-hydrogen) atoms. The van der Waals surface area contributed by atoms with Gasteiger partial charge in [-0.3, -0.25) is 0 Å². The number of ether oxygens (including phenoxy) is 1. The van der Waals surface area contributed by atoms with E-state index in [4.69, 9.17) is 27.9 Å². The number of benzene rings is 1. The van der Waals surface area contributed by atoms with Crippen molar-refractivity contribution in [3.05, 3.63) is 27.7 Å². The van der Waals surface area contributed by atoms with Crippen LogP contribution in [0, 0.1) is 0 Å². The molecule has 0 heterocycles. The number of nitrogens with one attached hydrogen (secondary N) is 1. The SMILES string of the molecule is CCCCNCc1cc(Cl)cc(Cl)c1OC(C)C. The van der Waals surface area contributed by atoms with Gasteiger partial charge in [-0.1, -0.05) is 36.5 Å². The third kappa shape index (κ3) is 5.05. The summed E-state index contributed by atoms with van der Waals surface area (Å²) in [6.45, 7) is 7.85. The van der Waals surface area contributed by atoms with Crippen molar-refractivity contribution in [2.24, 2.45) is 0 Å². The van der Waals surface area contributed by atoms with E-state index in [2.05, 4.69) is 12.2 Å². The van der Waals surface area contributed by atoms with Gasteiger partial charge in [-0.25, -0.2) is 0 Å². The summed E-state index contributed by atoms with van der Waals surface area (Å²) in [5.74, 6) is 0.736. The second kappa shape index (κ2) is 7.88. The number of halogens is 2. The highest BCUT2D eigenvalue weighted by atomic mass is 35.5. The monoisotopic (exact) mass is 289 g/mol. The van der Waals surface area contributed by atoms with Crippen LogP contribution in [0.1, 0.15) is 39.2 Å². The van der Waals surface area contributed by atoms with Crippen molar-refractivity contribution in [2.75, 3.05) is 6.54 Å². The maximum atomic E-state index is 6.18. The van der Waals surface area contributed by atoms with Crippen molar-refractivity contribution in [1.29, 1.82) is 0 Å². The predicted octanol–water partition coefficient (Wildman–Crippen LogP) is 4.67. The lowest BCUT2D eigenvalue weighted by Crippen LogP contribution is -2.16. The summed E-state index contributed by atoms with van der Waals surface area (Å²) in [5.41, 5.74) is 1.01. The first-order valence-electron chi connectivity index (χ1n) is 6.39. The average molecular weight is 290 g/mol. The molecule has 0 unspecified atom stereocenters. The molecule has 102 valence electrons. The largest absolute Gasteiger partial charge is 0.489 e. The fraction of sp³-hybridized carbons (Fsp3) is 0.571. The van der Waals surface area contributed by atoms with Crippen molar-refractivity contribution < 1.29 is 4.74 Å². The Balaban J connectivity index is 2.79. The van der Waals surface area contributed by atoms with Gasteiger partial charge in [0.2, 0.25) is 0 Å². The van der Waals surface area contributed by atoms with Crippen LogP contribution in [0.3, 0.4) is 0 Å². The van der Waals surface area contributed by atoms with E-state index in [1.54, 1.807) is 6.07 Å². The minimum absolute atomic E-state index is 0.0954. The number of hydrogen-bond acceptors (Lipinski definition) is 2. The Bertz CT molecular complexity index is 380. The lowest BCUT2D eigenvalue weighted by Gasteiger charge is -2.16. The zero-order valence-corrected chi connectivity index (χ0v) is 12.7. The summed E-state index contributed by atoms with van der Waals surface area (Å²) in [4.78, 5) is 0. The highest BCUT2D eigenvalue weighted by Crippen LogP contribution is 2.33. The molecular formula is C14H21Cl2NO. The van der Waals surface area contributed by atoms with Gasteiger partial charge in [0.1, 0.15) is 5.75 Å². The van der Waals surface area contributed by atoms with E-state index in [0.717, 1.165) is 30.8 Å². The Kier molecular flexibility index (Phi) is 6.83. The van der Waals surface area contributed by atoms with Crippen LogP contribution in [0.5, 0.6) is 5.75 Å². The molecule has 2 nitrogen and oxygen atoms in total. The predicted molar refractivity (Wildman–Crippen MR) is 78.8 cm³/mol. The van der Waals surface area contributed by atoms with Crippen LogP contribution in [-0.2, 0) is 6.54 Å². The van der Waals surface area contributed by atoms with Crippen LogP contribution in [0.25, 0.3) is 0 Å². The summed E-state index contributed by atoms with van der Waals surface area (Å²) in [6, 6.07) is 3.63. The Hall–Kier alpha value is -0.440. The maximum Gasteiger partial charge on any atom is 0.142 e. The smallest absolute Gasteiger partial charge is 0.142 e. The molecule has 0 atom stereocenters. The number of unbranched alkanes of at least 4 members (excludes halogenated alkanes) is 1. The molecule has 0 aliphatic rings. The van der Waals surface area contributed by atoms with Crippen LogP contribution in [-0.4, -0.2) is 12.6 Å². The third-order valence-corrected chi connectivity index (χ3v) is 2.96. The second-order valence-corrected chi connectivity index (χ2v) is 5.42. The quantitative estimate of drug-likeness (QED) is 0.737. The van der Waals surface area contributed by atoms with E-state index >= 15 is 0 Å². The van der Waals surface area contributed by atoms with Gasteiger partial charge >= 0.3 is 0 Å². The van der Waals surface area contributed by atoms with Crippen LogP contribution in [0.15, 0.2) is 12.1 Å². The molecule has 0 fully saturated rings.